The molecule has 1 heterocycles. The average Bonchev–Trinajstić information content (AvgIpc) is 2.57. The molecular weight excluding hydrogens is 198 g/mol. The number of nitriles is 1. The van der Waals surface area contributed by atoms with Gasteiger partial charge in [-0.3, -0.25) is 9.78 Å². The van der Waals surface area contributed by atoms with Crippen LogP contribution in [0.5, 0.6) is 0 Å². The highest BCUT2D eigenvalue weighted by atomic mass is 16.4. The van der Waals surface area contributed by atoms with Gasteiger partial charge in [-0.25, -0.2) is 4.79 Å². The largest absolute Gasteiger partial charge is 0.417 e. The second-order valence-corrected chi connectivity index (χ2v) is 2.79. The van der Waals surface area contributed by atoms with E-state index in [0.29, 0.717) is 16.8 Å². The first-order valence-corrected chi connectivity index (χ1v) is 4.03. The van der Waals surface area contributed by atoms with Gasteiger partial charge in [-0.1, -0.05) is 0 Å². The Morgan fingerprint density at radius 2 is 2.33 bits per heavy atom. The molecule has 2 rings (SSSR count). The van der Waals surface area contributed by atoms with Gasteiger partial charge in [-0.05, 0) is 18.2 Å². The van der Waals surface area contributed by atoms with E-state index in [1.165, 1.54) is 24.3 Å². The zero-order valence-corrected chi connectivity index (χ0v) is 7.40. The summed E-state index contributed by atoms with van der Waals surface area (Å²) in [5, 5.41) is 10.6. The minimum Gasteiger partial charge on any atom is -0.408 e. The van der Waals surface area contributed by atoms with Gasteiger partial charge < -0.3 is 9.73 Å². The molecule has 6 heteroatoms. The molecular formula is C9H5N3O3. The van der Waals surface area contributed by atoms with E-state index in [9.17, 15) is 9.59 Å². The lowest BCUT2D eigenvalue weighted by atomic mass is 10.3. The van der Waals surface area contributed by atoms with Gasteiger partial charge in [0.15, 0.2) is 11.7 Å². The van der Waals surface area contributed by atoms with Crippen LogP contribution in [-0.2, 0) is 4.79 Å². The molecule has 0 saturated carbocycles. The highest BCUT2D eigenvalue weighted by Gasteiger charge is 2.04. The summed E-state index contributed by atoms with van der Waals surface area (Å²) in [6, 6.07) is 5.99. The predicted molar refractivity (Wildman–Crippen MR) is 51.1 cm³/mol. The molecule has 1 aromatic heterocycles. The summed E-state index contributed by atoms with van der Waals surface area (Å²) in [5.41, 5.74) is 1.29. The number of carbonyl (C=O) groups excluding carboxylic acids is 1. The number of hydrogen-bond donors (Lipinski definition) is 2. The van der Waals surface area contributed by atoms with Gasteiger partial charge in [0.05, 0.1) is 5.52 Å². The number of hydrogen-bond acceptors (Lipinski definition) is 4. The molecule has 0 fully saturated rings. The van der Waals surface area contributed by atoms with Crippen molar-refractivity contribution in [3.05, 3.63) is 28.7 Å². The summed E-state index contributed by atoms with van der Waals surface area (Å²) < 4.78 is 4.77. The Morgan fingerprint density at radius 1 is 1.53 bits per heavy atom. The summed E-state index contributed by atoms with van der Waals surface area (Å²) in [7, 11) is 0. The van der Waals surface area contributed by atoms with E-state index in [2.05, 4.69) is 10.3 Å². The number of oxazole rings is 1. The van der Waals surface area contributed by atoms with Crippen molar-refractivity contribution in [2.45, 2.75) is 0 Å². The van der Waals surface area contributed by atoms with Crippen LogP contribution in [0, 0.1) is 11.3 Å². The van der Waals surface area contributed by atoms with Crippen molar-refractivity contribution in [3.63, 3.8) is 0 Å². The SMILES string of the molecule is N#CC(=O)Nc1ccc2oc(=O)[nH]c2c1. The normalized spacial score (nSPS) is 9.80. The van der Waals surface area contributed by atoms with Crippen LogP contribution in [0.2, 0.25) is 0 Å². The quantitative estimate of drug-likeness (QED) is 0.662. The predicted octanol–water partition coefficient (Wildman–Crippen LogP) is 0.583. The lowest BCUT2D eigenvalue weighted by molar-refractivity contribution is -0.111. The van der Waals surface area contributed by atoms with Crippen LogP contribution in [-0.4, -0.2) is 10.9 Å². The van der Waals surface area contributed by atoms with Crippen LogP contribution >= 0.6 is 0 Å². The minimum absolute atomic E-state index is 0.398. The third-order valence-corrected chi connectivity index (χ3v) is 1.78. The molecule has 0 unspecified atom stereocenters. The summed E-state index contributed by atoms with van der Waals surface area (Å²) in [4.78, 5) is 24.0. The topological polar surface area (TPSA) is 98.9 Å². The van der Waals surface area contributed by atoms with E-state index in [0.717, 1.165) is 0 Å². The summed E-state index contributed by atoms with van der Waals surface area (Å²) in [5.74, 6) is -1.33. The van der Waals surface area contributed by atoms with Gasteiger partial charge in [-0.15, -0.1) is 0 Å². The minimum atomic E-state index is -0.764. The van der Waals surface area contributed by atoms with Gasteiger partial charge in [0.25, 0.3) is 0 Å². The Hall–Kier alpha value is -2.55. The lowest BCUT2D eigenvalue weighted by Gasteiger charge is -1.98. The second kappa shape index (κ2) is 3.31. The van der Waals surface area contributed by atoms with Crippen molar-refractivity contribution in [2.75, 3.05) is 5.32 Å². The Kier molecular flexibility index (Phi) is 1.99. The number of carbonyl (C=O) groups is 1. The molecule has 0 aliphatic carbocycles. The molecule has 6 nitrogen and oxygen atoms in total. The van der Waals surface area contributed by atoms with E-state index < -0.39 is 11.7 Å². The number of anilines is 1. The van der Waals surface area contributed by atoms with Crippen LogP contribution in [0.1, 0.15) is 0 Å². The van der Waals surface area contributed by atoms with Crippen LogP contribution in [0.25, 0.3) is 11.1 Å². The van der Waals surface area contributed by atoms with Gasteiger partial charge in [0.2, 0.25) is 0 Å². The first kappa shape index (κ1) is 9.02. The van der Waals surface area contributed by atoms with E-state index in [1.54, 1.807) is 0 Å². The van der Waals surface area contributed by atoms with Crippen LogP contribution in [0.4, 0.5) is 5.69 Å². The van der Waals surface area contributed by atoms with Gasteiger partial charge >= 0.3 is 11.7 Å². The van der Waals surface area contributed by atoms with Gasteiger partial charge in [0, 0.05) is 5.69 Å². The molecule has 2 aromatic rings. The number of amides is 1. The van der Waals surface area contributed by atoms with E-state index in [4.69, 9.17) is 9.68 Å². The molecule has 0 aliphatic heterocycles. The van der Waals surface area contributed by atoms with Crippen LogP contribution < -0.4 is 11.1 Å². The number of nitrogens with zero attached hydrogens (tertiary/aromatic N) is 1. The maximum atomic E-state index is 10.8. The van der Waals surface area contributed by atoms with Crippen molar-refractivity contribution >= 4 is 22.7 Å². The average molecular weight is 203 g/mol. The smallest absolute Gasteiger partial charge is 0.408 e. The monoisotopic (exact) mass is 203 g/mol. The first-order valence-electron chi connectivity index (χ1n) is 4.03. The van der Waals surface area contributed by atoms with Crippen LogP contribution in [0.15, 0.2) is 27.4 Å². The van der Waals surface area contributed by atoms with Crippen molar-refractivity contribution in [2.24, 2.45) is 0 Å². The molecule has 0 aliphatic rings. The standard InChI is InChI=1S/C9H5N3O3/c10-4-8(13)11-5-1-2-7-6(3-5)12-9(14)15-7/h1-3H,(H,11,13)(H,12,14). The van der Waals surface area contributed by atoms with Crippen LogP contribution in [0.3, 0.4) is 0 Å². The molecule has 0 radical (unpaired) electrons. The second-order valence-electron chi connectivity index (χ2n) is 2.79. The number of rotatable bonds is 1. The number of nitrogens with one attached hydrogen (secondary N) is 2. The van der Waals surface area contributed by atoms with Crippen molar-refractivity contribution < 1.29 is 9.21 Å². The summed E-state index contributed by atoms with van der Waals surface area (Å²) in [6.07, 6.45) is 0. The summed E-state index contributed by atoms with van der Waals surface area (Å²) >= 11 is 0. The molecule has 0 atom stereocenters. The van der Waals surface area contributed by atoms with Crippen molar-refractivity contribution in [1.29, 1.82) is 5.26 Å². The molecule has 74 valence electrons. The number of H-pyrrole nitrogens is 1. The fraction of sp³-hybridized carbons (Fsp3) is 0. The summed E-state index contributed by atoms with van der Waals surface area (Å²) in [6.45, 7) is 0. The molecule has 0 saturated heterocycles. The molecule has 0 bridgehead atoms. The maximum absolute atomic E-state index is 10.8. The fourth-order valence-corrected chi connectivity index (χ4v) is 1.19. The number of fused-ring (bicyclic) bond motifs is 1. The Balaban J connectivity index is 2.43. The third-order valence-electron chi connectivity index (χ3n) is 1.78. The Labute approximate surface area is 83.1 Å². The Morgan fingerprint density at radius 3 is 3.07 bits per heavy atom. The van der Waals surface area contributed by atoms with E-state index in [1.807, 2.05) is 0 Å². The zero-order chi connectivity index (χ0) is 10.8. The molecule has 2 N–H and O–H groups in total. The first-order chi connectivity index (χ1) is 7.19. The molecule has 15 heavy (non-hydrogen) atoms. The Bertz CT molecular complexity index is 617. The molecule has 1 aromatic carbocycles. The van der Waals surface area contributed by atoms with Gasteiger partial charge in [0.1, 0.15) is 0 Å². The van der Waals surface area contributed by atoms with Crippen molar-refractivity contribution in [3.8, 4) is 6.07 Å². The maximum Gasteiger partial charge on any atom is 0.417 e. The lowest BCUT2D eigenvalue weighted by Crippen LogP contribution is -2.07. The van der Waals surface area contributed by atoms with E-state index >= 15 is 0 Å². The number of aromatic amines is 1. The highest BCUT2D eigenvalue weighted by Crippen LogP contribution is 2.15. The third kappa shape index (κ3) is 1.71. The zero-order valence-electron chi connectivity index (χ0n) is 7.40. The fourth-order valence-electron chi connectivity index (χ4n) is 1.19. The van der Waals surface area contributed by atoms with E-state index in [-0.39, 0.29) is 0 Å². The molecule has 0 spiro atoms. The number of aromatic nitrogens is 1. The highest BCUT2D eigenvalue weighted by molar-refractivity contribution is 6.02. The number of benzene rings is 1. The van der Waals surface area contributed by atoms with Gasteiger partial charge in [-0.2, -0.15) is 5.26 Å². The molecule has 1 amide bonds. The van der Waals surface area contributed by atoms with Crippen molar-refractivity contribution in [1.82, 2.24) is 4.98 Å².